The van der Waals surface area contributed by atoms with Crippen LogP contribution in [0.3, 0.4) is 0 Å². The Morgan fingerprint density at radius 2 is 1.83 bits per heavy atom. The van der Waals surface area contributed by atoms with E-state index in [1.54, 1.807) is 0 Å². The summed E-state index contributed by atoms with van der Waals surface area (Å²) in [7, 11) is 0. The van der Waals surface area contributed by atoms with Crippen LogP contribution in [0.5, 0.6) is 11.5 Å². The van der Waals surface area contributed by atoms with Crippen LogP contribution < -0.4 is 10.5 Å². The molecule has 0 saturated heterocycles. The van der Waals surface area contributed by atoms with Crippen LogP contribution in [0.4, 0.5) is 14.5 Å². The van der Waals surface area contributed by atoms with Crippen molar-refractivity contribution in [3.05, 3.63) is 53.6 Å². The van der Waals surface area contributed by atoms with Gasteiger partial charge in [0.2, 0.25) is 0 Å². The lowest BCUT2D eigenvalue weighted by Gasteiger charge is -2.08. The summed E-state index contributed by atoms with van der Waals surface area (Å²) in [5, 5.41) is 8.67. The van der Waals surface area contributed by atoms with Crippen molar-refractivity contribution in [3.8, 4) is 17.6 Å². The highest BCUT2D eigenvalue weighted by Crippen LogP contribution is 2.28. The van der Waals surface area contributed by atoms with Crippen molar-refractivity contribution < 1.29 is 13.5 Å². The highest BCUT2D eigenvalue weighted by atomic mass is 19.2. The topological polar surface area (TPSA) is 59.0 Å². The van der Waals surface area contributed by atoms with Gasteiger partial charge < -0.3 is 10.5 Å². The molecule has 0 radical (unpaired) electrons. The fraction of sp³-hybridized carbons (Fsp3) is 0. The highest BCUT2D eigenvalue weighted by molar-refractivity contribution is 5.57. The molecule has 0 atom stereocenters. The van der Waals surface area contributed by atoms with Gasteiger partial charge in [0.25, 0.3) is 0 Å². The van der Waals surface area contributed by atoms with Crippen LogP contribution in [0.15, 0.2) is 36.4 Å². The van der Waals surface area contributed by atoms with E-state index >= 15 is 0 Å². The quantitative estimate of drug-likeness (QED) is 0.827. The molecular weight excluding hydrogens is 238 g/mol. The molecule has 0 aliphatic carbocycles. The number of anilines is 1. The second-order valence-corrected chi connectivity index (χ2v) is 3.54. The summed E-state index contributed by atoms with van der Waals surface area (Å²) >= 11 is 0. The number of nitrogen functional groups attached to an aromatic ring is 1. The summed E-state index contributed by atoms with van der Waals surface area (Å²) in [4.78, 5) is 0. The predicted molar refractivity (Wildman–Crippen MR) is 62.0 cm³/mol. The minimum Gasteiger partial charge on any atom is -0.455 e. The van der Waals surface area contributed by atoms with Crippen molar-refractivity contribution in [1.29, 1.82) is 5.26 Å². The minimum atomic E-state index is -1.00. The average molecular weight is 246 g/mol. The summed E-state index contributed by atoms with van der Waals surface area (Å²) in [5.41, 5.74) is 6.31. The van der Waals surface area contributed by atoms with Crippen molar-refractivity contribution in [1.82, 2.24) is 0 Å². The molecule has 0 fully saturated rings. The second kappa shape index (κ2) is 4.72. The average Bonchev–Trinajstić information content (AvgIpc) is 2.36. The van der Waals surface area contributed by atoms with Gasteiger partial charge in [-0.05, 0) is 30.3 Å². The summed E-state index contributed by atoms with van der Waals surface area (Å²) in [6.07, 6.45) is 0. The molecule has 5 heteroatoms. The highest BCUT2D eigenvalue weighted by Gasteiger charge is 2.07. The molecule has 0 heterocycles. The van der Waals surface area contributed by atoms with Crippen molar-refractivity contribution in [3.63, 3.8) is 0 Å². The summed E-state index contributed by atoms with van der Waals surface area (Å²) in [6.45, 7) is 0. The molecule has 0 bridgehead atoms. The van der Waals surface area contributed by atoms with E-state index < -0.39 is 11.6 Å². The summed E-state index contributed by atoms with van der Waals surface area (Å²) < 4.78 is 31.0. The van der Waals surface area contributed by atoms with Gasteiger partial charge in [-0.1, -0.05) is 0 Å². The van der Waals surface area contributed by atoms with Gasteiger partial charge in [-0.2, -0.15) is 5.26 Å². The van der Waals surface area contributed by atoms with Crippen LogP contribution in [-0.4, -0.2) is 0 Å². The van der Waals surface area contributed by atoms with Gasteiger partial charge in [0.1, 0.15) is 11.5 Å². The van der Waals surface area contributed by atoms with Crippen LogP contribution >= 0.6 is 0 Å². The Hall–Kier alpha value is -2.61. The van der Waals surface area contributed by atoms with E-state index in [2.05, 4.69) is 0 Å². The fourth-order valence-corrected chi connectivity index (χ4v) is 1.38. The molecule has 2 N–H and O–H groups in total. The van der Waals surface area contributed by atoms with Crippen LogP contribution in [-0.2, 0) is 0 Å². The largest absolute Gasteiger partial charge is 0.455 e. The maximum absolute atomic E-state index is 13.0. The summed E-state index contributed by atoms with van der Waals surface area (Å²) in [5.74, 6) is -1.54. The number of nitriles is 1. The zero-order chi connectivity index (χ0) is 13.1. The monoisotopic (exact) mass is 246 g/mol. The van der Waals surface area contributed by atoms with E-state index in [1.165, 1.54) is 24.3 Å². The first-order valence-electron chi connectivity index (χ1n) is 5.02. The number of halogens is 2. The third kappa shape index (κ3) is 2.38. The number of benzene rings is 2. The molecule has 0 spiro atoms. The fourth-order valence-electron chi connectivity index (χ4n) is 1.38. The Morgan fingerprint density at radius 1 is 1.06 bits per heavy atom. The molecule has 0 aliphatic heterocycles. The van der Waals surface area contributed by atoms with Gasteiger partial charge in [0.05, 0.1) is 17.3 Å². The molecule has 2 aromatic rings. The lowest BCUT2D eigenvalue weighted by atomic mass is 10.2. The molecule has 0 amide bonds. The molecule has 0 aromatic heterocycles. The van der Waals surface area contributed by atoms with Gasteiger partial charge >= 0.3 is 0 Å². The Labute approximate surface area is 102 Å². The Morgan fingerprint density at radius 3 is 2.44 bits per heavy atom. The molecule has 0 aliphatic rings. The van der Waals surface area contributed by atoms with Gasteiger partial charge in [-0.15, -0.1) is 0 Å². The summed E-state index contributed by atoms with van der Waals surface area (Å²) in [6, 6.07) is 9.56. The van der Waals surface area contributed by atoms with Crippen molar-refractivity contribution in [2.45, 2.75) is 0 Å². The Balaban J connectivity index is 2.29. The van der Waals surface area contributed by atoms with E-state index in [4.69, 9.17) is 15.7 Å². The Kier molecular flexibility index (Phi) is 3.11. The SMILES string of the molecule is N#Cc1ccc(Oc2ccc(F)c(F)c2)c(N)c1. The minimum absolute atomic E-state index is 0.130. The smallest absolute Gasteiger partial charge is 0.162 e. The first-order chi connectivity index (χ1) is 8.60. The number of rotatable bonds is 2. The molecule has 2 aromatic carbocycles. The normalized spacial score (nSPS) is 9.83. The van der Waals surface area contributed by atoms with Crippen LogP contribution in [0.1, 0.15) is 5.56 Å². The zero-order valence-electron chi connectivity index (χ0n) is 9.15. The standard InChI is InChI=1S/C13H8F2N2O/c14-10-3-2-9(6-11(10)15)18-13-4-1-8(7-16)5-12(13)17/h1-6H,17H2. The number of ether oxygens (including phenoxy) is 1. The van der Waals surface area contributed by atoms with Gasteiger partial charge in [-0.3, -0.25) is 0 Å². The molecule has 0 saturated carbocycles. The van der Waals surface area contributed by atoms with Crippen molar-refractivity contribution in [2.24, 2.45) is 0 Å². The lowest BCUT2D eigenvalue weighted by Crippen LogP contribution is -1.94. The van der Waals surface area contributed by atoms with Crippen molar-refractivity contribution >= 4 is 5.69 Å². The van der Waals surface area contributed by atoms with Gasteiger partial charge in [-0.25, -0.2) is 8.78 Å². The number of nitrogens with zero attached hydrogens (tertiary/aromatic N) is 1. The third-order valence-electron chi connectivity index (χ3n) is 2.26. The van der Waals surface area contributed by atoms with Crippen LogP contribution in [0, 0.1) is 23.0 Å². The molecule has 90 valence electrons. The Bertz CT molecular complexity index is 635. The number of hydrogen-bond acceptors (Lipinski definition) is 3. The van der Waals surface area contributed by atoms with Gasteiger partial charge in [0.15, 0.2) is 11.6 Å². The first kappa shape index (κ1) is 11.9. The first-order valence-corrected chi connectivity index (χ1v) is 5.02. The third-order valence-corrected chi connectivity index (χ3v) is 2.26. The maximum atomic E-state index is 13.0. The second-order valence-electron chi connectivity index (χ2n) is 3.54. The maximum Gasteiger partial charge on any atom is 0.162 e. The molecule has 3 nitrogen and oxygen atoms in total. The number of nitrogens with two attached hydrogens (primary N) is 1. The van der Waals surface area contributed by atoms with E-state index in [0.29, 0.717) is 5.56 Å². The molecule has 18 heavy (non-hydrogen) atoms. The van der Waals surface area contributed by atoms with Gasteiger partial charge in [0, 0.05) is 6.07 Å². The number of hydrogen-bond donors (Lipinski definition) is 1. The van der Waals surface area contributed by atoms with E-state index in [0.717, 1.165) is 12.1 Å². The lowest BCUT2D eigenvalue weighted by molar-refractivity contribution is 0.463. The molecule has 0 unspecified atom stereocenters. The predicted octanol–water partition coefficient (Wildman–Crippen LogP) is 3.21. The zero-order valence-corrected chi connectivity index (χ0v) is 9.15. The molecular formula is C13H8F2N2O. The van der Waals surface area contributed by atoms with E-state index in [-0.39, 0.29) is 17.2 Å². The van der Waals surface area contributed by atoms with Crippen LogP contribution in [0.2, 0.25) is 0 Å². The van der Waals surface area contributed by atoms with E-state index in [9.17, 15) is 8.78 Å². The van der Waals surface area contributed by atoms with Crippen LogP contribution in [0.25, 0.3) is 0 Å². The molecule has 2 rings (SSSR count). The van der Waals surface area contributed by atoms with Crippen molar-refractivity contribution in [2.75, 3.05) is 5.73 Å². The van der Waals surface area contributed by atoms with E-state index in [1.807, 2.05) is 6.07 Å².